The van der Waals surface area contributed by atoms with Crippen LogP contribution in [0.25, 0.3) is 0 Å². The first-order valence-electron chi connectivity index (χ1n) is 7.47. The average Bonchev–Trinajstić information content (AvgIpc) is 3.04. The molecular weight excluding hydrogens is 236 g/mol. The summed E-state index contributed by atoms with van der Waals surface area (Å²) >= 11 is 0. The first kappa shape index (κ1) is 11.5. The molecule has 3 heteroatoms. The lowest BCUT2D eigenvalue weighted by atomic mass is 10.00. The molecule has 1 saturated heterocycles. The molecule has 1 aliphatic carbocycles. The molecule has 2 heterocycles. The quantitative estimate of drug-likeness (QED) is 0.898. The van der Waals surface area contributed by atoms with Gasteiger partial charge in [-0.3, -0.25) is 4.79 Å². The van der Waals surface area contributed by atoms with Crippen molar-refractivity contribution < 1.29 is 4.79 Å². The van der Waals surface area contributed by atoms with Crippen LogP contribution in [-0.4, -0.2) is 29.4 Å². The predicted octanol–water partition coefficient (Wildman–Crippen LogP) is 2.10. The summed E-state index contributed by atoms with van der Waals surface area (Å²) in [6.45, 7) is 1.98. The Morgan fingerprint density at radius 3 is 2.89 bits per heavy atom. The first-order valence-corrected chi connectivity index (χ1v) is 7.47. The molecule has 1 atom stereocenters. The third kappa shape index (κ3) is 2.06. The Balaban J connectivity index is 1.55. The van der Waals surface area contributed by atoms with Crippen LogP contribution in [0.3, 0.4) is 0 Å². The van der Waals surface area contributed by atoms with Gasteiger partial charge in [-0.15, -0.1) is 0 Å². The highest BCUT2D eigenvalue weighted by Crippen LogP contribution is 2.35. The van der Waals surface area contributed by atoms with Gasteiger partial charge >= 0.3 is 0 Å². The molecule has 1 amide bonds. The number of hydrogen-bond acceptors (Lipinski definition) is 2. The largest absolute Gasteiger partial charge is 0.331 e. The average molecular weight is 256 g/mol. The van der Waals surface area contributed by atoms with Crippen LogP contribution in [0.15, 0.2) is 18.2 Å². The van der Waals surface area contributed by atoms with Crippen LogP contribution >= 0.6 is 0 Å². The summed E-state index contributed by atoms with van der Waals surface area (Å²) in [5.74, 6) is 0.263. The second-order valence-electron chi connectivity index (χ2n) is 6.15. The van der Waals surface area contributed by atoms with Crippen molar-refractivity contribution in [2.45, 2.75) is 50.7 Å². The van der Waals surface area contributed by atoms with Crippen LogP contribution in [0.4, 0.5) is 0 Å². The minimum Gasteiger partial charge on any atom is -0.331 e. The normalized spacial score (nSPS) is 26.0. The molecule has 2 aliphatic heterocycles. The molecule has 0 spiro atoms. The van der Waals surface area contributed by atoms with Crippen molar-refractivity contribution in [2.75, 3.05) is 6.54 Å². The summed E-state index contributed by atoms with van der Waals surface area (Å²) in [6, 6.07) is 7.65. The maximum absolute atomic E-state index is 12.4. The topological polar surface area (TPSA) is 32.3 Å². The molecule has 4 rings (SSSR count). The Bertz CT molecular complexity index is 515. The smallest absolute Gasteiger partial charge is 0.254 e. The van der Waals surface area contributed by atoms with E-state index in [4.69, 9.17) is 0 Å². The molecule has 1 saturated carbocycles. The van der Waals surface area contributed by atoms with E-state index in [1.807, 2.05) is 0 Å². The van der Waals surface area contributed by atoms with E-state index in [0.29, 0.717) is 12.1 Å². The molecule has 0 radical (unpaired) electrons. The Morgan fingerprint density at radius 2 is 2.16 bits per heavy atom. The zero-order chi connectivity index (χ0) is 12.8. The predicted molar refractivity (Wildman–Crippen MR) is 74.1 cm³/mol. The first-order chi connectivity index (χ1) is 9.31. The van der Waals surface area contributed by atoms with Gasteiger partial charge < -0.3 is 10.2 Å². The van der Waals surface area contributed by atoms with Crippen LogP contribution in [0.2, 0.25) is 0 Å². The maximum atomic E-state index is 12.4. The van der Waals surface area contributed by atoms with Gasteiger partial charge in [0.25, 0.3) is 5.91 Å². The van der Waals surface area contributed by atoms with Crippen molar-refractivity contribution in [3.8, 4) is 0 Å². The van der Waals surface area contributed by atoms with Gasteiger partial charge in [-0.05, 0) is 55.8 Å². The molecule has 2 fully saturated rings. The Kier molecular flexibility index (Phi) is 2.62. The summed E-state index contributed by atoms with van der Waals surface area (Å²) in [7, 11) is 0. The Hall–Kier alpha value is -1.35. The van der Waals surface area contributed by atoms with Crippen LogP contribution in [0.5, 0.6) is 0 Å². The highest BCUT2D eigenvalue weighted by molar-refractivity contribution is 5.98. The van der Waals surface area contributed by atoms with Crippen LogP contribution < -0.4 is 5.32 Å². The van der Waals surface area contributed by atoms with Gasteiger partial charge in [-0.25, -0.2) is 0 Å². The van der Waals surface area contributed by atoms with Crippen LogP contribution in [-0.2, 0) is 13.0 Å². The van der Waals surface area contributed by atoms with Gasteiger partial charge in [0.2, 0.25) is 0 Å². The van der Waals surface area contributed by atoms with Crippen LogP contribution in [0, 0.1) is 0 Å². The van der Waals surface area contributed by atoms with E-state index < -0.39 is 0 Å². The second kappa shape index (κ2) is 4.34. The lowest BCUT2D eigenvalue weighted by Crippen LogP contribution is -2.26. The summed E-state index contributed by atoms with van der Waals surface area (Å²) in [5.41, 5.74) is 3.49. The number of rotatable bonds is 3. The van der Waals surface area contributed by atoms with Crippen molar-refractivity contribution in [1.29, 1.82) is 0 Å². The molecule has 100 valence electrons. The molecule has 19 heavy (non-hydrogen) atoms. The van der Waals surface area contributed by atoms with Gasteiger partial charge in [0.1, 0.15) is 0 Å². The molecule has 1 aromatic rings. The Labute approximate surface area is 114 Å². The second-order valence-corrected chi connectivity index (χ2v) is 6.15. The standard InChI is InChI=1S/C16H20N2O/c19-16-15-9-11(8-13-2-1-7-17-13)3-4-12(15)10-18(16)14-5-6-14/h3-4,9,13-14,17H,1-2,5-8,10H2. The van der Waals surface area contributed by atoms with Gasteiger partial charge in [-0.2, -0.15) is 0 Å². The number of amides is 1. The summed E-state index contributed by atoms with van der Waals surface area (Å²) in [5, 5.41) is 3.53. The number of fused-ring (bicyclic) bond motifs is 1. The fraction of sp³-hybridized carbons (Fsp3) is 0.562. The number of hydrogen-bond donors (Lipinski definition) is 1. The van der Waals surface area contributed by atoms with E-state index >= 15 is 0 Å². The van der Waals surface area contributed by atoms with E-state index in [2.05, 4.69) is 28.4 Å². The number of carbonyl (C=O) groups is 1. The maximum Gasteiger partial charge on any atom is 0.254 e. The van der Waals surface area contributed by atoms with Crippen molar-refractivity contribution >= 4 is 5.91 Å². The highest BCUT2D eigenvalue weighted by Gasteiger charge is 2.38. The molecule has 1 N–H and O–H groups in total. The van der Waals surface area contributed by atoms with E-state index in [0.717, 1.165) is 25.1 Å². The highest BCUT2D eigenvalue weighted by atomic mass is 16.2. The third-order valence-electron chi connectivity index (χ3n) is 4.64. The zero-order valence-electron chi connectivity index (χ0n) is 11.2. The lowest BCUT2D eigenvalue weighted by molar-refractivity contribution is 0.0766. The monoisotopic (exact) mass is 256 g/mol. The van der Waals surface area contributed by atoms with E-state index in [-0.39, 0.29) is 5.91 Å². The van der Waals surface area contributed by atoms with Crippen molar-refractivity contribution in [3.05, 3.63) is 34.9 Å². The summed E-state index contributed by atoms with van der Waals surface area (Å²) in [6.07, 6.45) is 5.99. The molecular formula is C16H20N2O. The number of nitrogens with zero attached hydrogens (tertiary/aromatic N) is 1. The van der Waals surface area contributed by atoms with Gasteiger partial charge in [0, 0.05) is 24.2 Å². The molecule has 0 aromatic heterocycles. The minimum absolute atomic E-state index is 0.263. The Morgan fingerprint density at radius 1 is 1.26 bits per heavy atom. The van der Waals surface area contributed by atoms with Gasteiger partial charge in [-0.1, -0.05) is 12.1 Å². The van der Waals surface area contributed by atoms with E-state index in [1.165, 1.54) is 36.8 Å². The van der Waals surface area contributed by atoms with Gasteiger partial charge in [0.15, 0.2) is 0 Å². The van der Waals surface area contributed by atoms with E-state index in [9.17, 15) is 4.79 Å². The SMILES string of the molecule is O=C1c2cc(CC3CCCN3)ccc2CN1C1CC1. The fourth-order valence-electron chi connectivity index (χ4n) is 3.39. The van der Waals surface area contributed by atoms with Crippen molar-refractivity contribution in [3.63, 3.8) is 0 Å². The summed E-state index contributed by atoms with van der Waals surface area (Å²) < 4.78 is 0. The molecule has 3 nitrogen and oxygen atoms in total. The molecule has 0 bridgehead atoms. The van der Waals surface area contributed by atoms with Gasteiger partial charge in [0.05, 0.1) is 0 Å². The number of carbonyl (C=O) groups excluding carboxylic acids is 1. The van der Waals surface area contributed by atoms with Crippen molar-refractivity contribution in [1.82, 2.24) is 10.2 Å². The number of benzene rings is 1. The van der Waals surface area contributed by atoms with Crippen molar-refractivity contribution in [2.24, 2.45) is 0 Å². The summed E-state index contributed by atoms with van der Waals surface area (Å²) in [4.78, 5) is 14.4. The number of nitrogens with one attached hydrogen (secondary N) is 1. The lowest BCUT2D eigenvalue weighted by Gasteiger charge is -2.13. The fourth-order valence-corrected chi connectivity index (χ4v) is 3.39. The minimum atomic E-state index is 0.263. The third-order valence-corrected chi connectivity index (χ3v) is 4.64. The molecule has 1 unspecified atom stereocenters. The zero-order valence-corrected chi connectivity index (χ0v) is 11.2. The van der Waals surface area contributed by atoms with Crippen LogP contribution in [0.1, 0.15) is 47.2 Å². The van der Waals surface area contributed by atoms with E-state index in [1.54, 1.807) is 0 Å². The molecule has 3 aliphatic rings. The molecule has 1 aromatic carbocycles.